The quantitative estimate of drug-likeness (QED) is 0.572. The van der Waals surface area contributed by atoms with Crippen LogP contribution in [0.3, 0.4) is 0 Å². The molecule has 0 N–H and O–H groups in total. The Morgan fingerprint density at radius 2 is 1.87 bits per heavy atom. The Labute approximate surface area is 101 Å². The van der Waals surface area contributed by atoms with Crippen LogP contribution >= 0.6 is 15.9 Å². The van der Waals surface area contributed by atoms with E-state index in [9.17, 15) is 0 Å². The Balaban J connectivity index is 2.61. The van der Waals surface area contributed by atoms with Crippen molar-refractivity contribution in [1.82, 2.24) is 0 Å². The average molecular weight is 265 g/mol. The first-order valence-electron chi connectivity index (χ1n) is 5.36. The Kier molecular flexibility index (Phi) is 5.50. The van der Waals surface area contributed by atoms with E-state index in [-0.39, 0.29) is 0 Å². The zero-order valence-electron chi connectivity index (χ0n) is 9.39. The molecule has 0 aliphatic carbocycles. The highest BCUT2D eigenvalue weighted by molar-refractivity contribution is 9.09. The van der Waals surface area contributed by atoms with Gasteiger partial charge in [-0.25, -0.2) is 0 Å². The molecule has 0 saturated carbocycles. The molecule has 0 fully saturated rings. The van der Waals surface area contributed by atoms with Gasteiger partial charge in [0.15, 0.2) is 0 Å². The molecular weight excluding hydrogens is 248 g/mol. The van der Waals surface area contributed by atoms with Crippen molar-refractivity contribution >= 4 is 15.9 Å². The molecule has 1 aromatic carbocycles. The average Bonchev–Trinajstić information content (AvgIpc) is 2.20. The fourth-order valence-corrected chi connectivity index (χ4v) is 1.61. The van der Waals surface area contributed by atoms with Crippen LogP contribution in [0.25, 0.3) is 0 Å². The normalized spacial score (nSPS) is 9.87. The molecule has 0 amide bonds. The molecule has 0 unspecified atom stereocenters. The second-order valence-electron chi connectivity index (χ2n) is 4.04. The van der Waals surface area contributed by atoms with Gasteiger partial charge in [0.25, 0.3) is 0 Å². The van der Waals surface area contributed by atoms with Gasteiger partial charge in [-0.1, -0.05) is 53.8 Å². The summed E-state index contributed by atoms with van der Waals surface area (Å²) in [6, 6.07) is 8.58. The van der Waals surface area contributed by atoms with Crippen molar-refractivity contribution in [3.63, 3.8) is 0 Å². The number of hydrogen-bond acceptors (Lipinski definition) is 0. The zero-order chi connectivity index (χ0) is 11.1. The van der Waals surface area contributed by atoms with Crippen LogP contribution < -0.4 is 0 Å². The van der Waals surface area contributed by atoms with Gasteiger partial charge in [-0.2, -0.15) is 0 Å². The summed E-state index contributed by atoms with van der Waals surface area (Å²) in [5.74, 6) is 6.98. The molecular formula is C14H17Br. The van der Waals surface area contributed by atoms with Gasteiger partial charge in [0.1, 0.15) is 0 Å². The van der Waals surface area contributed by atoms with E-state index in [0.29, 0.717) is 0 Å². The van der Waals surface area contributed by atoms with Crippen molar-refractivity contribution in [2.75, 3.05) is 5.33 Å². The maximum atomic E-state index is 3.36. The lowest BCUT2D eigenvalue weighted by molar-refractivity contribution is 0.647. The Morgan fingerprint density at radius 1 is 1.20 bits per heavy atom. The summed E-state index contributed by atoms with van der Waals surface area (Å²) in [5.41, 5.74) is 2.51. The van der Waals surface area contributed by atoms with Gasteiger partial charge in [-0.15, -0.1) is 0 Å². The molecule has 0 aliphatic rings. The van der Waals surface area contributed by atoms with Crippen molar-refractivity contribution in [3.8, 4) is 11.8 Å². The van der Waals surface area contributed by atoms with Crippen molar-refractivity contribution < 1.29 is 0 Å². The number of benzene rings is 1. The first-order chi connectivity index (χ1) is 7.22. The summed E-state index contributed by atoms with van der Waals surface area (Å²) >= 11 is 3.36. The Bertz CT molecular complexity index is 338. The molecule has 0 spiro atoms. The van der Waals surface area contributed by atoms with Crippen molar-refractivity contribution in [2.45, 2.75) is 26.7 Å². The van der Waals surface area contributed by atoms with E-state index in [4.69, 9.17) is 0 Å². The van der Waals surface area contributed by atoms with E-state index < -0.39 is 0 Å². The van der Waals surface area contributed by atoms with Gasteiger partial charge in [-0.3, -0.25) is 0 Å². The van der Waals surface area contributed by atoms with E-state index in [0.717, 1.165) is 29.7 Å². The zero-order valence-corrected chi connectivity index (χ0v) is 11.0. The highest BCUT2D eigenvalue weighted by atomic mass is 79.9. The van der Waals surface area contributed by atoms with Gasteiger partial charge in [0.05, 0.1) is 0 Å². The second kappa shape index (κ2) is 6.69. The van der Waals surface area contributed by atoms with Gasteiger partial charge < -0.3 is 0 Å². The number of hydrogen-bond donors (Lipinski definition) is 0. The lowest BCUT2D eigenvalue weighted by atomic mass is 10.0. The lowest BCUT2D eigenvalue weighted by Gasteiger charge is -2.03. The largest absolute Gasteiger partial charge is 0.0970 e. The van der Waals surface area contributed by atoms with E-state index >= 15 is 0 Å². The van der Waals surface area contributed by atoms with Crippen LogP contribution in [0.15, 0.2) is 24.3 Å². The smallest absolute Gasteiger partial charge is 0.0245 e. The maximum absolute atomic E-state index is 3.36. The van der Waals surface area contributed by atoms with Crippen LogP contribution in [0.2, 0.25) is 0 Å². The standard InChI is InChI=1S/C14H17Br/c1-12(2)11-14-8-6-13(7-9-14)5-3-4-10-15/h6-9,12H,4,10-11H2,1-2H3. The van der Waals surface area contributed by atoms with Crippen molar-refractivity contribution in [1.29, 1.82) is 0 Å². The Hall–Kier alpha value is -0.740. The summed E-state index contributed by atoms with van der Waals surface area (Å²) in [6.07, 6.45) is 2.06. The molecule has 0 nitrogen and oxygen atoms in total. The van der Waals surface area contributed by atoms with Crippen LogP contribution in [0.4, 0.5) is 0 Å². The van der Waals surface area contributed by atoms with Crippen molar-refractivity contribution in [3.05, 3.63) is 35.4 Å². The van der Waals surface area contributed by atoms with Gasteiger partial charge in [0, 0.05) is 17.3 Å². The minimum Gasteiger partial charge on any atom is -0.0970 e. The molecule has 1 rings (SSSR count). The molecule has 0 aromatic heterocycles. The minimum atomic E-state index is 0.718. The molecule has 1 aromatic rings. The van der Waals surface area contributed by atoms with Crippen LogP contribution in [0, 0.1) is 17.8 Å². The monoisotopic (exact) mass is 264 g/mol. The van der Waals surface area contributed by atoms with Crippen molar-refractivity contribution in [2.24, 2.45) is 5.92 Å². The predicted molar refractivity (Wildman–Crippen MR) is 70.3 cm³/mol. The van der Waals surface area contributed by atoms with Gasteiger partial charge in [-0.05, 0) is 30.0 Å². The third kappa shape index (κ3) is 5.04. The maximum Gasteiger partial charge on any atom is 0.0245 e. The molecule has 0 heterocycles. The molecule has 15 heavy (non-hydrogen) atoms. The fourth-order valence-electron chi connectivity index (χ4n) is 1.41. The molecule has 0 aliphatic heterocycles. The molecule has 0 atom stereocenters. The van der Waals surface area contributed by atoms with Crippen LogP contribution in [-0.2, 0) is 6.42 Å². The third-order valence-corrected chi connectivity index (χ3v) is 2.45. The third-order valence-electron chi connectivity index (χ3n) is 2.05. The predicted octanol–water partition coefficient (Wildman–Crippen LogP) is 4.02. The second-order valence-corrected chi connectivity index (χ2v) is 4.83. The topological polar surface area (TPSA) is 0 Å². The number of rotatable bonds is 3. The summed E-state index contributed by atoms with van der Waals surface area (Å²) < 4.78 is 0. The van der Waals surface area contributed by atoms with Crippen LogP contribution in [-0.4, -0.2) is 5.33 Å². The highest BCUT2D eigenvalue weighted by Gasteiger charge is 1.96. The van der Waals surface area contributed by atoms with Gasteiger partial charge >= 0.3 is 0 Å². The summed E-state index contributed by atoms with van der Waals surface area (Å²) in [4.78, 5) is 0. The molecule has 0 radical (unpaired) electrons. The van der Waals surface area contributed by atoms with Gasteiger partial charge in [0.2, 0.25) is 0 Å². The summed E-state index contributed by atoms with van der Waals surface area (Å²) in [7, 11) is 0. The molecule has 0 bridgehead atoms. The first-order valence-corrected chi connectivity index (χ1v) is 6.48. The Morgan fingerprint density at radius 3 is 2.40 bits per heavy atom. The number of alkyl halides is 1. The minimum absolute atomic E-state index is 0.718. The molecule has 0 saturated heterocycles. The molecule has 1 heteroatoms. The van der Waals surface area contributed by atoms with Crippen LogP contribution in [0.5, 0.6) is 0 Å². The van der Waals surface area contributed by atoms with E-state index in [1.54, 1.807) is 0 Å². The van der Waals surface area contributed by atoms with E-state index in [1.165, 1.54) is 5.56 Å². The SMILES string of the molecule is CC(C)Cc1ccc(C#CCCBr)cc1. The highest BCUT2D eigenvalue weighted by Crippen LogP contribution is 2.09. The summed E-state index contributed by atoms with van der Waals surface area (Å²) in [5, 5.41) is 0.950. The first kappa shape index (κ1) is 12.3. The summed E-state index contributed by atoms with van der Waals surface area (Å²) in [6.45, 7) is 4.48. The van der Waals surface area contributed by atoms with E-state index in [1.807, 2.05) is 0 Å². The van der Waals surface area contributed by atoms with E-state index in [2.05, 4.69) is 65.9 Å². The van der Waals surface area contributed by atoms with Crippen LogP contribution in [0.1, 0.15) is 31.4 Å². The molecule has 80 valence electrons. The lowest BCUT2D eigenvalue weighted by Crippen LogP contribution is -1.93. The number of halogens is 1. The fraction of sp³-hybridized carbons (Fsp3) is 0.429.